The average molecular weight is 267 g/mol. The molecular weight excluding hydrogens is 254 g/mol. The number of hydrogen-bond donors (Lipinski definition) is 2. The predicted molar refractivity (Wildman–Crippen MR) is 77.6 cm³/mol. The number of aromatic amines is 1. The van der Waals surface area contributed by atoms with Crippen molar-refractivity contribution >= 4 is 28.4 Å². The topological polar surface area (TPSA) is 69.2 Å². The molecule has 0 bridgehead atoms. The average Bonchev–Trinajstić information content (AvgIpc) is 2.86. The first kappa shape index (κ1) is 12.2. The molecule has 5 nitrogen and oxygen atoms in total. The lowest BCUT2D eigenvalue weighted by atomic mass is 10.1. The van der Waals surface area contributed by atoms with Crippen LogP contribution in [-0.4, -0.2) is 28.1 Å². The molecular formula is C15H13N3O2. The third-order valence-corrected chi connectivity index (χ3v) is 3.29. The van der Waals surface area contributed by atoms with E-state index in [1.807, 2.05) is 42.3 Å². The quantitative estimate of drug-likeness (QED) is 0.765. The zero-order valence-corrected chi connectivity index (χ0v) is 10.9. The van der Waals surface area contributed by atoms with Gasteiger partial charge in [0.25, 0.3) is 0 Å². The fraction of sp³-hybridized carbons (Fsp3) is 0.0667. The number of benzene rings is 1. The molecule has 0 fully saturated rings. The van der Waals surface area contributed by atoms with Crippen LogP contribution < -0.4 is 4.90 Å². The van der Waals surface area contributed by atoms with E-state index in [0.29, 0.717) is 11.2 Å². The van der Waals surface area contributed by atoms with E-state index in [2.05, 4.69) is 9.97 Å². The van der Waals surface area contributed by atoms with Crippen LogP contribution in [0.1, 0.15) is 10.4 Å². The highest BCUT2D eigenvalue weighted by atomic mass is 16.4. The van der Waals surface area contributed by atoms with Gasteiger partial charge in [0.1, 0.15) is 11.4 Å². The molecule has 0 amide bonds. The molecule has 0 radical (unpaired) electrons. The van der Waals surface area contributed by atoms with Gasteiger partial charge < -0.3 is 15.0 Å². The van der Waals surface area contributed by atoms with Gasteiger partial charge in [0.2, 0.25) is 0 Å². The summed E-state index contributed by atoms with van der Waals surface area (Å²) < 4.78 is 0. The number of aromatic carboxylic acids is 1. The normalized spacial score (nSPS) is 10.7. The Labute approximate surface area is 115 Å². The van der Waals surface area contributed by atoms with Crippen LogP contribution in [0, 0.1) is 0 Å². The molecule has 0 aliphatic carbocycles. The highest BCUT2D eigenvalue weighted by molar-refractivity contribution is 6.09. The molecule has 0 aliphatic heterocycles. The van der Waals surface area contributed by atoms with Crippen molar-refractivity contribution < 1.29 is 9.90 Å². The largest absolute Gasteiger partial charge is 0.478 e. The fourth-order valence-electron chi connectivity index (χ4n) is 2.29. The number of H-pyrrole nitrogens is 1. The molecule has 2 aromatic heterocycles. The van der Waals surface area contributed by atoms with Gasteiger partial charge >= 0.3 is 5.97 Å². The number of carbonyl (C=O) groups is 1. The van der Waals surface area contributed by atoms with Crippen LogP contribution in [0.15, 0.2) is 48.8 Å². The minimum atomic E-state index is -0.946. The maximum absolute atomic E-state index is 11.6. The van der Waals surface area contributed by atoms with Gasteiger partial charge in [-0.25, -0.2) is 4.79 Å². The summed E-state index contributed by atoms with van der Waals surface area (Å²) in [7, 11) is 1.83. The van der Waals surface area contributed by atoms with Gasteiger partial charge in [-0.05, 0) is 18.2 Å². The molecule has 0 unspecified atom stereocenters. The first-order chi connectivity index (χ1) is 9.68. The van der Waals surface area contributed by atoms with Crippen molar-refractivity contribution in [2.24, 2.45) is 0 Å². The number of carboxylic acids is 1. The van der Waals surface area contributed by atoms with E-state index in [1.54, 1.807) is 18.5 Å². The third kappa shape index (κ3) is 1.89. The highest BCUT2D eigenvalue weighted by Gasteiger charge is 2.20. The predicted octanol–water partition coefficient (Wildman–Crippen LogP) is 3.03. The van der Waals surface area contributed by atoms with Gasteiger partial charge in [-0.15, -0.1) is 0 Å². The Morgan fingerprint density at radius 1 is 1.20 bits per heavy atom. The number of hydrogen-bond acceptors (Lipinski definition) is 3. The Morgan fingerprint density at radius 2 is 1.90 bits per heavy atom. The van der Waals surface area contributed by atoms with Gasteiger partial charge in [0.15, 0.2) is 0 Å². The molecule has 3 rings (SSSR count). The standard InChI is InChI=1S/C15H13N3O2/c1-18(10-6-8-16-9-7-10)14-13(15(19)20)11-4-2-3-5-12(11)17-14/h2-9,17H,1H3,(H,19,20). The second-order valence-corrected chi connectivity index (χ2v) is 4.46. The zero-order chi connectivity index (χ0) is 14.1. The SMILES string of the molecule is CN(c1ccncc1)c1[nH]c2ccccc2c1C(=O)O. The Morgan fingerprint density at radius 3 is 2.60 bits per heavy atom. The second-order valence-electron chi connectivity index (χ2n) is 4.46. The Balaban J connectivity index is 2.21. The van der Waals surface area contributed by atoms with Crippen molar-refractivity contribution in [2.75, 3.05) is 11.9 Å². The molecule has 0 atom stereocenters. The second kappa shape index (κ2) is 4.70. The van der Waals surface area contributed by atoms with E-state index in [0.717, 1.165) is 11.2 Å². The maximum atomic E-state index is 11.6. The summed E-state index contributed by atoms with van der Waals surface area (Å²) in [5.41, 5.74) is 1.95. The molecule has 2 heterocycles. The van der Waals surface area contributed by atoms with Gasteiger partial charge in [0, 0.05) is 36.0 Å². The smallest absolute Gasteiger partial charge is 0.340 e. The van der Waals surface area contributed by atoms with Gasteiger partial charge in [-0.2, -0.15) is 0 Å². The fourth-order valence-corrected chi connectivity index (χ4v) is 2.29. The van der Waals surface area contributed by atoms with E-state index < -0.39 is 5.97 Å². The first-order valence-electron chi connectivity index (χ1n) is 6.16. The number of nitrogens with zero attached hydrogens (tertiary/aromatic N) is 2. The number of fused-ring (bicyclic) bond motifs is 1. The molecule has 0 aliphatic rings. The lowest BCUT2D eigenvalue weighted by Crippen LogP contribution is -2.13. The molecule has 0 saturated heterocycles. The highest BCUT2D eigenvalue weighted by Crippen LogP contribution is 2.31. The lowest BCUT2D eigenvalue weighted by molar-refractivity contribution is 0.0700. The first-order valence-corrected chi connectivity index (χ1v) is 6.16. The summed E-state index contributed by atoms with van der Waals surface area (Å²) in [4.78, 5) is 20.5. The van der Waals surface area contributed by atoms with Crippen LogP contribution >= 0.6 is 0 Å². The molecule has 0 spiro atoms. The lowest BCUT2D eigenvalue weighted by Gasteiger charge is -2.18. The zero-order valence-electron chi connectivity index (χ0n) is 10.9. The summed E-state index contributed by atoms with van der Waals surface area (Å²) in [6.45, 7) is 0. The number of anilines is 2. The summed E-state index contributed by atoms with van der Waals surface area (Å²) >= 11 is 0. The Hall–Kier alpha value is -2.82. The van der Waals surface area contributed by atoms with Crippen LogP contribution in [0.4, 0.5) is 11.5 Å². The van der Waals surface area contributed by atoms with Crippen molar-refractivity contribution in [3.8, 4) is 0 Å². The number of rotatable bonds is 3. The Kier molecular flexibility index (Phi) is 2.87. The van der Waals surface area contributed by atoms with E-state index >= 15 is 0 Å². The number of aromatic nitrogens is 2. The van der Waals surface area contributed by atoms with Crippen molar-refractivity contribution in [3.63, 3.8) is 0 Å². The van der Waals surface area contributed by atoms with Crippen molar-refractivity contribution in [1.29, 1.82) is 0 Å². The molecule has 0 saturated carbocycles. The van der Waals surface area contributed by atoms with Crippen LogP contribution in [0.2, 0.25) is 0 Å². The number of carboxylic acid groups (broad SMARTS) is 1. The molecule has 2 N–H and O–H groups in total. The maximum Gasteiger partial charge on any atom is 0.340 e. The van der Waals surface area contributed by atoms with E-state index in [9.17, 15) is 9.90 Å². The van der Waals surface area contributed by atoms with Crippen LogP contribution in [0.25, 0.3) is 10.9 Å². The van der Waals surface area contributed by atoms with Crippen LogP contribution in [0.3, 0.4) is 0 Å². The van der Waals surface area contributed by atoms with Gasteiger partial charge in [-0.3, -0.25) is 4.98 Å². The number of pyridine rings is 1. The molecule has 20 heavy (non-hydrogen) atoms. The van der Waals surface area contributed by atoms with E-state index in [1.165, 1.54) is 0 Å². The van der Waals surface area contributed by atoms with Crippen molar-refractivity contribution in [2.45, 2.75) is 0 Å². The monoisotopic (exact) mass is 267 g/mol. The molecule has 1 aromatic carbocycles. The third-order valence-electron chi connectivity index (χ3n) is 3.29. The number of nitrogens with one attached hydrogen (secondary N) is 1. The summed E-state index contributed by atoms with van der Waals surface area (Å²) in [6.07, 6.45) is 3.35. The summed E-state index contributed by atoms with van der Waals surface area (Å²) in [5.74, 6) is -0.386. The minimum Gasteiger partial charge on any atom is -0.478 e. The van der Waals surface area contributed by atoms with Crippen molar-refractivity contribution in [1.82, 2.24) is 9.97 Å². The molecule has 100 valence electrons. The summed E-state index contributed by atoms with van der Waals surface area (Å²) in [6, 6.07) is 11.0. The van der Waals surface area contributed by atoms with E-state index in [4.69, 9.17) is 0 Å². The number of para-hydroxylation sites is 1. The van der Waals surface area contributed by atoms with Crippen LogP contribution in [-0.2, 0) is 0 Å². The van der Waals surface area contributed by atoms with Gasteiger partial charge in [0.05, 0.1) is 0 Å². The molecule has 3 aromatic rings. The minimum absolute atomic E-state index is 0.278. The Bertz CT molecular complexity index is 765. The van der Waals surface area contributed by atoms with Crippen LogP contribution in [0.5, 0.6) is 0 Å². The molecule has 5 heteroatoms. The van der Waals surface area contributed by atoms with E-state index in [-0.39, 0.29) is 5.56 Å². The van der Waals surface area contributed by atoms with Crippen molar-refractivity contribution in [3.05, 3.63) is 54.4 Å². The van der Waals surface area contributed by atoms with Gasteiger partial charge in [-0.1, -0.05) is 18.2 Å². The summed E-state index contributed by atoms with van der Waals surface area (Å²) in [5, 5.41) is 10.2.